The van der Waals surface area contributed by atoms with E-state index in [0.29, 0.717) is 22.5 Å². The van der Waals surface area contributed by atoms with E-state index in [9.17, 15) is 14.9 Å². The summed E-state index contributed by atoms with van der Waals surface area (Å²) in [6.45, 7) is 3.52. The molecule has 6 nitrogen and oxygen atoms in total. The number of fused-ring (bicyclic) bond motifs is 1. The molecular formula is C23H19N3O3. The van der Waals surface area contributed by atoms with E-state index in [1.165, 1.54) is 0 Å². The number of furan rings is 1. The van der Waals surface area contributed by atoms with Crippen molar-refractivity contribution in [2.24, 2.45) is 7.05 Å². The first-order valence-corrected chi connectivity index (χ1v) is 9.30. The van der Waals surface area contributed by atoms with Gasteiger partial charge in [-0.15, -0.1) is 0 Å². The molecule has 1 aromatic carbocycles. The van der Waals surface area contributed by atoms with Crippen LogP contribution in [0.5, 0.6) is 0 Å². The van der Waals surface area contributed by atoms with Crippen molar-refractivity contribution in [3.63, 3.8) is 0 Å². The Bertz CT molecular complexity index is 1250. The van der Waals surface area contributed by atoms with Gasteiger partial charge in [0.05, 0.1) is 11.2 Å². The number of nitriles is 1. The fraction of sp³-hybridized carbons (Fsp3) is 0.174. The monoisotopic (exact) mass is 385 g/mol. The van der Waals surface area contributed by atoms with E-state index < -0.39 is 11.8 Å². The van der Waals surface area contributed by atoms with E-state index in [1.807, 2.05) is 60.1 Å². The molecule has 3 heterocycles. The SMILES string of the molecule is CCN1C(=O)C(C#N)=C(C)/C(=C/c2cc3c(cc(-c4ccccc4)n3C)o2)C1=O. The van der Waals surface area contributed by atoms with Gasteiger partial charge in [-0.2, -0.15) is 5.26 Å². The summed E-state index contributed by atoms with van der Waals surface area (Å²) < 4.78 is 7.99. The molecule has 3 aromatic rings. The zero-order valence-electron chi connectivity index (χ0n) is 16.4. The lowest BCUT2D eigenvalue weighted by atomic mass is 9.95. The van der Waals surface area contributed by atoms with E-state index in [4.69, 9.17) is 4.42 Å². The molecule has 1 aliphatic rings. The number of likely N-dealkylation sites (N-methyl/N-ethyl adjacent to an activating group) is 1. The molecule has 0 saturated heterocycles. The first kappa shape index (κ1) is 18.5. The second kappa shape index (κ2) is 6.95. The molecule has 0 bridgehead atoms. The standard InChI is InChI=1S/C23H19N3O3/c1-4-26-22(27)17(14(2)18(13-24)23(26)28)10-16-11-20-21(29-16)12-19(25(20)3)15-8-6-5-7-9-15/h5-12H,4H2,1-3H3/b17-10-. The van der Waals surface area contributed by atoms with Crippen LogP contribution in [0.4, 0.5) is 0 Å². The molecule has 4 rings (SSSR count). The molecule has 0 saturated carbocycles. The predicted molar refractivity (Wildman–Crippen MR) is 109 cm³/mol. The highest BCUT2D eigenvalue weighted by Crippen LogP contribution is 2.32. The third kappa shape index (κ3) is 2.88. The minimum absolute atomic E-state index is 0.0137. The molecule has 6 heteroatoms. The van der Waals surface area contributed by atoms with Crippen molar-refractivity contribution in [2.75, 3.05) is 6.54 Å². The Balaban J connectivity index is 1.80. The Kier molecular flexibility index (Phi) is 4.44. The number of carbonyl (C=O) groups is 2. The summed E-state index contributed by atoms with van der Waals surface area (Å²) in [5.74, 6) is -0.471. The van der Waals surface area contributed by atoms with Gasteiger partial charge >= 0.3 is 0 Å². The van der Waals surface area contributed by atoms with Crippen LogP contribution in [0.15, 0.2) is 63.6 Å². The molecule has 144 valence electrons. The lowest BCUT2D eigenvalue weighted by Crippen LogP contribution is -2.42. The van der Waals surface area contributed by atoms with Crippen LogP contribution < -0.4 is 0 Å². The van der Waals surface area contributed by atoms with Crippen LogP contribution in [-0.4, -0.2) is 27.8 Å². The van der Waals surface area contributed by atoms with Crippen LogP contribution in [0.2, 0.25) is 0 Å². The second-order valence-corrected chi connectivity index (χ2v) is 6.88. The number of hydrogen-bond donors (Lipinski definition) is 0. The zero-order chi connectivity index (χ0) is 20.7. The summed E-state index contributed by atoms with van der Waals surface area (Å²) in [6.07, 6.45) is 1.60. The molecule has 0 spiro atoms. The van der Waals surface area contributed by atoms with Gasteiger partial charge in [0.1, 0.15) is 17.4 Å². The average molecular weight is 385 g/mol. The van der Waals surface area contributed by atoms with Crippen molar-refractivity contribution in [1.82, 2.24) is 9.47 Å². The lowest BCUT2D eigenvalue weighted by Gasteiger charge is -2.25. The Morgan fingerprint density at radius 3 is 2.48 bits per heavy atom. The van der Waals surface area contributed by atoms with Gasteiger partial charge in [-0.25, -0.2) is 0 Å². The smallest absolute Gasteiger partial charge is 0.271 e. The van der Waals surface area contributed by atoms with Crippen molar-refractivity contribution in [1.29, 1.82) is 5.26 Å². The number of aromatic nitrogens is 1. The normalized spacial score (nSPS) is 16.2. The van der Waals surface area contributed by atoms with Gasteiger partial charge in [0.15, 0.2) is 5.58 Å². The van der Waals surface area contributed by atoms with Crippen LogP contribution in [0.1, 0.15) is 19.6 Å². The van der Waals surface area contributed by atoms with Crippen molar-refractivity contribution in [3.05, 3.63) is 64.9 Å². The minimum Gasteiger partial charge on any atom is -0.455 e. The maximum Gasteiger partial charge on any atom is 0.271 e. The highest BCUT2D eigenvalue weighted by atomic mass is 16.3. The number of carbonyl (C=O) groups excluding carboxylic acids is 2. The van der Waals surface area contributed by atoms with Gasteiger partial charge in [0, 0.05) is 31.3 Å². The Hall–Kier alpha value is -3.85. The summed E-state index contributed by atoms with van der Waals surface area (Å²) in [5, 5.41) is 9.35. The molecule has 0 fully saturated rings. The van der Waals surface area contributed by atoms with E-state index in [0.717, 1.165) is 21.7 Å². The molecule has 1 aliphatic heterocycles. The fourth-order valence-electron chi connectivity index (χ4n) is 3.65. The highest BCUT2D eigenvalue weighted by molar-refractivity contribution is 6.19. The summed E-state index contributed by atoms with van der Waals surface area (Å²) in [4.78, 5) is 26.1. The topological polar surface area (TPSA) is 79.2 Å². The molecule has 0 N–H and O–H groups in total. The zero-order valence-corrected chi connectivity index (χ0v) is 16.4. The Labute approximate surface area is 167 Å². The Morgan fingerprint density at radius 2 is 1.86 bits per heavy atom. The maximum absolute atomic E-state index is 12.7. The van der Waals surface area contributed by atoms with E-state index in [2.05, 4.69) is 0 Å². The number of amides is 2. The summed E-state index contributed by atoms with van der Waals surface area (Å²) >= 11 is 0. The van der Waals surface area contributed by atoms with Crippen LogP contribution in [-0.2, 0) is 16.6 Å². The van der Waals surface area contributed by atoms with E-state index in [-0.39, 0.29) is 12.1 Å². The fourth-order valence-corrected chi connectivity index (χ4v) is 3.65. The van der Waals surface area contributed by atoms with Crippen molar-refractivity contribution < 1.29 is 14.0 Å². The number of benzene rings is 1. The van der Waals surface area contributed by atoms with Crippen molar-refractivity contribution in [3.8, 4) is 17.3 Å². The Morgan fingerprint density at radius 1 is 1.14 bits per heavy atom. The van der Waals surface area contributed by atoms with Gasteiger partial charge in [-0.05, 0) is 31.1 Å². The van der Waals surface area contributed by atoms with Gasteiger partial charge in [-0.1, -0.05) is 30.3 Å². The largest absolute Gasteiger partial charge is 0.455 e. The van der Waals surface area contributed by atoms with Crippen LogP contribution in [0.3, 0.4) is 0 Å². The number of nitrogens with zero attached hydrogens (tertiary/aromatic N) is 3. The average Bonchev–Trinajstić information content (AvgIpc) is 3.25. The highest BCUT2D eigenvalue weighted by Gasteiger charge is 2.34. The number of rotatable bonds is 3. The lowest BCUT2D eigenvalue weighted by molar-refractivity contribution is -0.140. The van der Waals surface area contributed by atoms with Gasteiger partial charge in [0.2, 0.25) is 0 Å². The third-order valence-electron chi connectivity index (χ3n) is 5.25. The molecule has 0 aliphatic carbocycles. The summed E-state index contributed by atoms with van der Waals surface area (Å²) in [5.41, 5.74) is 4.36. The minimum atomic E-state index is -0.549. The quantitative estimate of drug-likeness (QED) is 0.503. The molecule has 2 aromatic heterocycles. The van der Waals surface area contributed by atoms with Crippen molar-refractivity contribution in [2.45, 2.75) is 13.8 Å². The molecule has 0 unspecified atom stereocenters. The summed E-state index contributed by atoms with van der Waals surface area (Å²) in [7, 11) is 1.96. The molecule has 0 radical (unpaired) electrons. The van der Waals surface area contributed by atoms with E-state index >= 15 is 0 Å². The van der Waals surface area contributed by atoms with Gasteiger partial charge < -0.3 is 8.98 Å². The molecule has 2 amide bonds. The number of aryl methyl sites for hydroxylation is 1. The van der Waals surface area contributed by atoms with Gasteiger partial charge in [-0.3, -0.25) is 14.5 Å². The first-order chi connectivity index (χ1) is 14.0. The molecule has 29 heavy (non-hydrogen) atoms. The maximum atomic E-state index is 12.7. The molecular weight excluding hydrogens is 366 g/mol. The number of hydrogen-bond acceptors (Lipinski definition) is 4. The van der Waals surface area contributed by atoms with Crippen LogP contribution in [0, 0.1) is 11.3 Å². The van der Waals surface area contributed by atoms with Crippen LogP contribution >= 0.6 is 0 Å². The first-order valence-electron chi connectivity index (χ1n) is 9.30. The van der Waals surface area contributed by atoms with Crippen LogP contribution in [0.25, 0.3) is 28.4 Å². The number of imide groups is 1. The van der Waals surface area contributed by atoms with E-state index in [1.54, 1.807) is 19.9 Å². The van der Waals surface area contributed by atoms with Gasteiger partial charge in [0.25, 0.3) is 11.8 Å². The summed E-state index contributed by atoms with van der Waals surface area (Å²) in [6, 6.07) is 15.7. The predicted octanol–water partition coefficient (Wildman–Crippen LogP) is 4.05. The third-order valence-corrected chi connectivity index (χ3v) is 5.25. The second-order valence-electron chi connectivity index (χ2n) is 6.88. The van der Waals surface area contributed by atoms with Crippen molar-refractivity contribution >= 4 is 29.0 Å². The molecule has 0 atom stereocenters.